The van der Waals surface area contributed by atoms with E-state index in [9.17, 15) is 4.79 Å². The van der Waals surface area contributed by atoms with Gasteiger partial charge in [0.15, 0.2) is 5.96 Å². The first-order valence-electron chi connectivity index (χ1n) is 8.33. The van der Waals surface area contributed by atoms with E-state index in [-0.39, 0.29) is 29.9 Å². The minimum Gasteiger partial charge on any atom is -0.357 e. The molecule has 1 fully saturated rings. The number of carbonyl (C=O) groups is 1. The van der Waals surface area contributed by atoms with Crippen LogP contribution in [-0.2, 0) is 11.3 Å². The largest absolute Gasteiger partial charge is 0.357 e. The van der Waals surface area contributed by atoms with Crippen LogP contribution in [0.5, 0.6) is 0 Å². The smallest absolute Gasteiger partial charge is 0.224 e. The Bertz CT molecular complexity index is 535. The minimum absolute atomic E-state index is 0. The van der Waals surface area contributed by atoms with Gasteiger partial charge in [0.25, 0.3) is 0 Å². The summed E-state index contributed by atoms with van der Waals surface area (Å²) in [6.07, 6.45) is 2.78. The first-order chi connectivity index (χ1) is 11.1. The van der Waals surface area contributed by atoms with E-state index in [0.29, 0.717) is 19.5 Å². The second kappa shape index (κ2) is 10.9. The van der Waals surface area contributed by atoms with Crippen molar-refractivity contribution in [2.24, 2.45) is 4.99 Å². The van der Waals surface area contributed by atoms with Crippen molar-refractivity contribution in [2.45, 2.75) is 46.6 Å². The summed E-state index contributed by atoms with van der Waals surface area (Å²) in [4.78, 5) is 24.3. The summed E-state index contributed by atoms with van der Waals surface area (Å²) in [5, 5.41) is 7.46. The van der Waals surface area contributed by atoms with Gasteiger partial charge in [-0.15, -0.1) is 35.3 Å². The van der Waals surface area contributed by atoms with E-state index in [1.165, 1.54) is 4.88 Å². The summed E-state index contributed by atoms with van der Waals surface area (Å²) >= 11 is 1.69. The molecular formula is C16H28IN5OS. The predicted molar refractivity (Wildman–Crippen MR) is 110 cm³/mol. The van der Waals surface area contributed by atoms with E-state index in [4.69, 9.17) is 0 Å². The molecule has 0 spiro atoms. The van der Waals surface area contributed by atoms with Crippen LogP contribution in [0.15, 0.2) is 4.99 Å². The number of aromatic nitrogens is 1. The quantitative estimate of drug-likeness (QED) is 0.385. The number of thiazole rings is 1. The number of amides is 1. The molecule has 136 valence electrons. The molecule has 1 aromatic heterocycles. The van der Waals surface area contributed by atoms with Crippen molar-refractivity contribution in [3.63, 3.8) is 0 Å². The molecule has 2 heterocycles. The highest BCUT2D eigenvalue weighted by Crippen LogP contribution is 2.16. The van der Waals surface area contributed by atoms with Gasteiger partial charge < -0.3 is 15.5 Å². The Morgan fingerprint density at radius 2 is 2.00 bits per heavy atom. The van der Waals surface area contributed by atoms with Crippen molar-refractivity contribution >= 4 is 47.2 Å². The molecular weight excluding hydrogens is 437 g/mol. The zero-order chi connectivity index (χ0) is 16.7. The zero-order valence-corrected chi connectivity index (χ0v) is 17.9. The number of nitrogens with one attached hydrogen (secondary N) is 2. The van der Waals surface area contributed by atoms with E-state index in [1.54, 1.807) is 11.3 Å². The van der Waals surface area contributed by atoms with Crippen LogP contribution < -0.4 is 10.6 Å². The minimum atomic E-state index is 0. The normalized spacial score (nSPS) is 14.5. The highest BCUT2D eigenvalue weighted by atomic mass is 127. The molecule has 1 saturated heterocycles. The van der Waals surface area contributed by atoms with Crippen molar-refractivity contribution in [3.8, 4) is 0 Å². The molecule has 0 unspecified atom stereocenters. The molecule has 0 saturated carbocycles. The zero-order valence-electron chi connectivity index (χ0n) is 14.7. The number of hydrogen-bond acceptors (Lipinski definition) is 4. The maximum absolute atomic E-state index is 12.0. The Kier molecular flexibility index (Phi) is 9.57. The highest BCUT2D eigenvalue weighted by molar-refractivity contribution is 14.0. The van der Waals surface area contributed by atoms with E-state index in [2.05, 4.69) is 27.5 Å². The predicted octanol–water partition coefficient (Wildman–Crippen LogP) is 2.45. The second-order valence-electron chi connectivity index (χ2n) is 5.71. The summed E-state index contributed by atoms with van der Waals surface area (Å²) in [5.74, 6) is 0.976. The average molecular weight is 465 g/mol. The molecule has 0 aromatic carbocycles. The monoisotopic (exact) mass is 465 g/mol. The van der Waals surface area contributed by atoms with Crippen LogP contribution in [0.25, 0.3) is 0 Å². The Hall–Kier alpha value is -0.900. The molecule has 6 nitrogen and oxygen atoms in total. The lowest BCUT2D eigenvalue weighted by atomic mass is 10.3. The molecule has 24 heavy (non-hydrogen) atoms. The molecule has 2 N–H and O–H groups in total. The summed E-state index contributed by atoms with van der Waals surface area (Å²) in [6.45, 7) is 9.92. The molecule has 0 atom stereocenters. The third-order valence-corrected chi connectivity index (χ3v) is 4.94. The molecule has 8 heteroatoms. The van der Waals surface area contributed by atoms with Crippen LogP contribution in [0.4, 0.5) is 0 Å². The highest BCUT2D eigenvalue weighted by Gasteiger charge is 2.17. The number of aliphatic imine (C=N–C) groups is 1. The Morgan fingerprint density at radius 3 is 2.58 bits per heavy atom. The van der Waals surface area contributed by atoms with Crippen molar-refractivity contribution in [1.82, 2.24) is 20.5 Å². The number of guanidine groups is 1. The van der Waals surface area contributed by atoms with Gasteiger partial charge in [-0.05, 0) is 33.6 Å². The maximum atomic E-state index is 12.0. The van der Waals surface area contributed by atoms with Crippen LogP contribution in [0, 0.1) is 13.8 Å². The van der Waals surface area contributed by atoms with Crippen molar-refractivity contribution in [3.05, 3.63) is 15.6 Å². The van der Waals surface area contributed by atoms with Gasteiger partial charge in [-0.1, -0.05) is 0 Å². The van der Waals surface area contributed by atoms with Gasteiger partial charge in [-0.3, -0.25) is 4.79 Å². The van der Waals surface area contributed by atoms with Crippen molar-refractivity contribution < 1.29 is 4.79 Å². The van der Waals surface area contributed by atoms with Gasteiger partial charge in [0.05, 0.1) is 12.2 Å². The molecule has 1 aromatic rings. The second-order valence-corrected chi connectivity index (χ2v) is 7.00. The Morgan fingerprint density at radius 1 is 1.29 bits per heavy atom. The lowest BCUT2D eigenvalue weighted by Crippen LogP contribution is -2.39. The number of aryl methyl sites for hydroxylation is 2. The van der Waals surface area contributed by atoms with E-state index in [1.807, 2.05) is 18.7 Å². The Labute approximate surface area is 165 Å². The van der Waals surface area contributed by atoms with Gasteiger partial charge in [0.1, 0.15) is 5.01 Å². The number of likely N-dealkylation sites (tertiary alicyclic amines) is 1. The lowest BCUT2D eigenvalue weighted by molar-refractivity contribution is -0.129. The average Bonchev–Trinajstić information content (AvgIpc) is 3.15. The number of carbonyl (C=O) groups excluding carboxylic acids is 1. The fourth-order valence-corrected chi connectivity index (χ4v) is 3.37. The van der Waals surface area contributed by atoms with Crippen LogP contribution in [0.3, 0.4) is 0 Å². The summed E-state index contributed by atoms with van der Waals surface area (Å²) in [6, 6.07) is 0. The number of nitrogens with zero attached hydrogens (tertiary/aromatic N) is 3. The lowest BCUT2D eigenvalue weighted by Gasteiger charge is -2.16. The standard InChI is InChI=1S/C16H27N5OS.HI/c1-4-17-16(19-11-14-20-12(2)13(3)23-14)18-8-7-15(22)21-9-5-6-10-21;/h4-11H2,1-3H3,(H2,17,18,19);1H. The molecule has 1 amide bonds. The summed E-state index contributed by atoms with van der Waals surface area (Å²) in [7, 11) is 0. The van der Waals surface area contributed by atoms with Gasteiger partial charge in [0.2, 0.25) is 5.91 Å². The summed E-state index contributed by atoms with van der Waals surface area (Å²) in [5.41, 5.74) is 1.08. The molecule has 0 radical (unpaired) electrons. The van der Waals surface area contributed by atoms with E-state index in [0.717, 1.165) is 49.1 Å². The van der Waals surface area contributed by atoms with Gasteiger partial charge >= 0.3 is 0 Å². The third-order valence-electron chi connectivity index (χ3n) is 3.88. The van der Waals surface area contributed by atoms with Crippen LogP contribution >= 0.6 is 35.3 Å². The molecule has 1 aliphatic heterocycles. The van der Waals surface area contributed by atoms with Crippen LogP contribution in [0.2, 0.25) is 0 Å². The fourth-order valence-electron chi connectivity index (χ4n) is 2.51. The molecule has 1 aliphatic rings. The van der Waals surface area contributed by atoms with Crippen molar-refractivity contribution in [2.75, 3.05) is 26.2 Å². The molecule has 2 rings (SSSR count). The number of halogens is 1. The van der Waals surface area contributed by atoms with E-state index < -0.39 is 0 Å². The first-order valence-corrected chi connectivity index (χ1v) is 9.14. The van der Waals surface area contributed by atoms with Crippen LogP contribution in [0.1, 0.15) is 41.8 Å². The number of rotatable bonds is 6. The number of hydrogen-bond donors (Lipinski definition) is 2. The van der Waals surface area contributed by atoms with Gasteiger partial charge in [-0.25, -0.2) is 9.98 Å². The van der Waals surface area contributed by atoms with Crippen LogP contribution in [-0.4, -0.2) is 47.9 Å². The summed E-state index contributed by atoms with van der Waals surface area (Å²) < 4.78 is 0. The van der Waals surface area contributed by atoms with Gasteiger partial charge in [0, 0.05) is 37.5 Å². The topological polar surface area (TPSA) is 69.6 Å². The molecule has 0 aliphatic carbocycles. The first kappa shape index (κ1) is 21.1. The third kappa shape index (κ3) is 6.54. The van der Waals surface area contributed by atoms with E-state index >= 15 is 0 Å². The SMILES string of the molecule is CCNC(=NCc1nc(C)c(C)s1)NCCC(=O)N1CCCC1.I. The van der Waals surface area contributed by atoms with Gasteiger partial charge in [-0.2, -0.15) is 0 Å². The maximum Gasteiger partial charge on any atom is 0.224 e. The Balaban J connectivity index is 0.00000288. The fraction of sp³-hybridized carbons (Fsp3) is 0.688. The molecule has 0 bridgehead atoms. The van der Waals surface area contributed by atoms with Crippen molar-refractivity contribution in [1.29, 1.82) is 0 Å².